The van der Waals surface area contributed by atoms with Crippen molar-refractivity contribution in [3.63, 3.8) is 0 Å². The van der Waals surface area contributed by atoms with Gasteiger partial charge in [0.25, 0.3) is 0 Å². The molecular weight excluding hydrogens is 501 g/mol. The number of anilines is 1. The third-order valence-corrected chi connectivity index (χ3v) is 7.10. The number of carbonyl (C=O) groups excluding carboxylic acids is 1. The van der Waals surface area contributed by atoms with Crippen LogP contribution in [0.25, 0.3) is 11.8 Å². The zero-order chi connectivity index (χ0) is 25.4. The number of aromatic nitrogens is 2. The molecule has 2 aromatic heterocycles. The van der Waals surface area contributed by atoms with Crippen molar-refractivity contribution in [1.29, 1.82) is 0 Å². The van der Waals surface area contributed by atoms with E-state index in [4.69, 9.17) is 32.7 Å². The Morgan fingerprint density at radius 1 is 1.17 bits per heavy atom. The van der Waals surface area contributed by atoms with Crippen LogP contribution in [-0.4, -0.2) is 34.3 Å². The Morgan fingerprint density at radius 3 is 2.67 bits per heavy atom. The summed E-state index contributed by atoms with van der Waals surface area (Å²) < 4.78 is 11.9. The number of fused-ring (bicyclic) bond motifs is 3. The summed E-state index contributed by atoms with van der Waals surface area (Å²) in [5.41, 5.74) is 2.10. The molecule has 0 bridgehead atoms. The minimum Gasteiger partial charge on any atom is -0.489 e. The van der Waals surface area contributed by atoms with Gasteiger partial charge in [0.05, 0.1) is 46.5 Å². The molecule has 1 N–H and O–H groups in total. The third kappa shape index (κ3) is 5.15. The van der Waals surface area contributed by atoms with E-state index in [1.165, 1.54) is 0 Å². The number of amides is 1. The molecule has 2 aromatic rings. The van der Waals surface area contributed by atoms with Gasteiger partial charge in [0.2, 0.25) is 0 Å². The van der Waals surface area contributed by atoms with Crippen molar-refractivity contribution >= 4 is 46.8 Å². The molecule has 4 heterocycles. The van der Waals surface area contributed by atoms with E-state index < -0.39 is 11.7 Å². The first kappa shape index (κ1) is 24.8. The van der Waals surface area contributed by atoms with Gasteiger partial charge in [-0.25, -0.2) is 4.79 Å². The predicted molar refractivity (Wildman–Crippen MR) is 140 cm³/mol. The van der Waals surface area contributed by atoms with Crippen molar-refractivity contribution in [3.8, 4) is 5.75 Å². The van der Waals surface area contributed by atoms with Gasteiger partial charge < -0.3 is 14.5 Å². The third-order valence-electron chi connectivity index (χ3n) is 6.53. The van der Waals surface area contributed by atoms with E-state index in [0.717, 1.165) is 53.2 Å². The summed E-state index contributed by atoms with van der Waals surface area (Å²) >= 11 is 13.0. The molecule has 0 saturated heterocycles. The van der Waals surface area contributed by atoms with Crippen LogP contribution in [0.15, 0.2) is 39.8 Å². The molecule has 3 aliphatic rings. The molecule has 0 radical (unpaired) electrons. The molecule has 0 unspecified atom stereocenters. The summed E-state index contributed by atoms with van der Waals surface area (Å²) in [7, 11) is 0. The first-order valence-electron chi connectivity index (χ1n) is 12.1. The Labute approximate surface area is 219 Å². The monoisotopic (exact) mass is 529 g/mol. The molecule has 8 nitrogen and oxygen atoms in total. The summed E-state index contributed by atoms with van der Waals surface area (Å²) in [4.78, 5) is 22.5. The van der Waals surface area contributed by atoms with E-state index in [0.29, 0.717) is 28.9 Å². The molecule has 0 atom stereocenters. The number of nitrogens with one attached hydrogen (secondary N) is 1. The van der Waals surface area contributed by atoms with Crippen LogP contribution >= 0.6 is 23.2 Å². The molecular formula is C26H29Cl2N5O3. The minimum absolute atomic E-state index is 0.0798. The topological polar surface area (TPSA) is 92.2 Å². The van der Waals surface area contributed by atoms with Crippen LogP contribution in [0.4, 0.5) is 10.5 Å². The zero-order valence-electron chi connectivity index (χ0n) is 20.6. The fourth-order valence-corrected chi connectivity index (χ4v) is 5.50. The van der Waals surface area contributed by atoms with Gasteiger partial charge in [-0.2, -0.15) is 10.2 Å². The minimum atomic E-state index is -0.622. The second kappa shape index (κ2) is 9.90. The summed E-state index contributed by atoms with van der Waals surface area (Å²) in [6.45, 7) is 6.28. The molecule has 0 spiro atoms. The van der Waals surface area contributed by atoms with E-state index in [2.05, 4.69) is 20.2 Å². The van der Waals surface area contributed by atoms with Crippen LogP contribution in [0.2, 0.25) is 5.02 Å². The van der Waals surface area contributed by atoms with Crippen molar-refractivity contribution in [2.45, 2.75) is 64.7 Å². The van der Waals surface area contributed by atoms with E-state index >= 15 is 0 Å². The van der Waals surface area contributed by atoms with Gasteiger partial charge in [0, 0.05) is 29.4 Å². The van der Waals surface area contributed by atoms with Gasteiger partial charge in [-0.15, -0.1) is 0 Å². The number of halogens is 2. The first-order chi connectivity index (χ1) is 17.2. The van der Waals surface area contributed by atoms with Gasteiger partial charge in [-0.05, 0) is 64.0 Å². The van der Waals surface area contributed by atoms with Crippen molar-refractivity contribution in [1.82, 2.24) is 9.97 Å². The maximum Gasteiger partial charge on any atom is 0.415 e. The van der Waals surface area contributed by atoms with Gasteiger partial charge in [0.15, 0.2) is 0 Å². The quantitative estimate of drug-likeness (QED) is 0.573. The zero-order valence-corrected chi connectivity index (χ0v) is 22.1. The molecule has 1 aliphatic carbocycles. The van der Waals surface area contributed by atoms with Gasteiger partial charge in [-0.3, -0.25) is 9.88 Å². The fourth-order valence-electron chi connectivity index (χ4n) is 5.01. The maximum absolute atomic E-state index is 13.3. The summed E-state index contributed by atoms with van der Waals surface area (Å²) in [5.74, 6) is 0.888. The number of rotatable bonds is 3. The van der Waals surface area contributed by atoms with Crippen LogP contribution in [0, 0.1) is 5.92 Å². The van der Waals surface area contributed by atoms with Crippen LogP contribution in [0.5, 0.6) is 5.75 Å². The number of nitrogens with zero attached hydrogens (tertiary/aromatic N) is 4. The van der Waals surface area contributed by atoms with Gasteiger partial charge in [-0.1, -0.05) is 23.2 Å². The summed E-state index contributed by atoms with van der Waals surface area (Å²) in [6.07, 6.45) is 10.1. The Bertz CT molecular complexity index is 1350. The highest BCUT2D eigenvalue weighted by molar-refractivity contribution is 6.36. The molecule has 190 valence electrons. The van der Waals surface area contributed by atoms with Gasteiger partial charge in [0.1, 0.15) is 11.4 Å². The number of hydrogen-bond acceptors (Lipinski definition) is 6. The number of hydrogen-bond donors (Lipinski definition) is 1. The highest BCUT2D eigenvalue weighted by Crippen LogP contribution is 2.38. The van der Waals surface area contributed by atoms with E-state index in [1.807, 2.05) is 26.8 Å². The molecule has 5 rings (SSSR count). The number of aromatic amines is 1. The Kier molecular flexibility index (Phi) is 6.83. The number of ether oxygens (including phenoxy) is 2. The SMILES string of the molecule is CC(C)(C)OC(=O)N1CC=C(Cl)C(C2CCC(Oc3cncc(Cl)c3)CC2)=c2[nH]c3c(c21)CN=NC=3. The van der Waals surface area contributed by atoms with Crippen LogP contribution < -0.4 is 20.3 Å². The predicted octanol–water partition coefficient (Wildman–Crippen LogP) is 5.43. The lowest BCUT2D eigenvalue weighted by Crippen LogP contribution is -2.39. The van der Waals surface area contributed by atoms with Crippen molar-refractivity contribution in [2.24, 2.45) is 16.1 Å². The lowest BCUT2D eigenvalue weighted by Gasteiger charge is -2.30. The summed E-state index contributed by atoms with van der Waals surface area (Å²) in [6, 6.07) is 1.79. The lowest BCUT2D eigenvalue weighted by molar-refractivity contribution is 0.0584. The molecule has 1 saturated carbocycles. The number of carbonyl (C=O) groups is 1. The number of azo groups is 1. The lowest BCUT2D eigenvalue weighted by atomic mass is 9.81. The molecule has 1 fully saturated rings. The van der Waals surface area contributed by atoms with E-state index in [-0.39, 0.29) is 12.0 Å². The van der Waals surface area contributed by atoms with Crippen molar-refractivity contribution < 1.29 is 14.3 Å². The number of H-pyrrole nitrogens is 1. The average molecular weight is 530 g/mol. The average Bonchev–Trinajstić information content (AvgIpc) is 3.11. The highest BCUT2D eigenvalue weighted by Gasteiger charge is 2.33. The largest absolute Gasteiger partial charge is 0.489 e. The van der Waals surface area contributed by atoms with E-state index in [1.54, 1.807) is 29.6 Å². The molecule has 1 amide bonds. The van der Waals surface area contributed by atoms with Crippen molar-refractivity contribution in [2.75, 3.05) is 11.4 Å². The maximum atomic E-state index is 13.3. The smallest absolute Gasteiger partial charge is 0.415 e. The van der Waals surface area contributed by atoms with Crippen LogP contribution in [0.1, 0.15) is 52.0 Å². The first-order valence-corrected chi connectivity index (χ1v) is 12.9. The van der Waals surface area contributed by atoms with E-state index in [9.17, 15) is 4.79 Å². The normalized spacial score (nSPS) is 21.6. The molecule has 10 heteroatoms. The standard InChI is InChI=1S/C26H29Cl2N5O3/c1-26(2,3)36-25(34)33-9-8-20(28)22(23-24(33)19-13-30-31-14-21(19)32-23)15-4-6-17(7-5-15)35-18-10-16(27)11-29-12-18/h8,10-12,14-15,17,32H,4-7,9,13H2,1-3H3. The second-order valence-electron chi connectivity index (χ2n) is 10.3. The second-order valence-corrected chi connectivity index (χ2v) is 11.1. The molecule has 0 aromatic carbocycles. The van der Waals surface area contributed by atoms with Gasteiger partial charge >= 0.3 is 6.09 Å². The Morgan fingerprint density at radius 2 is 1.94 bits per heavy atom. The number of allylic oxidation sites excluding steroid dienone is 1. The number of pyridine rings is 1. The Balaban J connectivity index is 1.48. The highest BCUT2D eigenvalue weighted by atomic mass is 35.5. The van der Waals surface area contributed by atoms with Crippen molar-refractivity contribution in [3.05, 3.63) is 50.9 Å². The molecule has 2 aliphatic heterocycles. The van der Waals surface area contributed by atoms with Crippen LogP contribution in [0.3, 0.4) is 0 Å². The fraction of sp³-hybridized carbons (Fsp3) is 0.462. The Hall–Kier alpha value is -2.84. The van der Waals surface area contributed by atoms with Crippen LogP contribution in [-0.2, 0) is 11.3 Å². The molecule has 36 heavy (non-hydrogen) atoms. The summed E-state index contributed by atoms with van der Waals surface area (Å²) in [5, 5.41) is 11.2.